The Hall–Kier alpha value is -0.120. The lowest BCUT2D eigenvalue weighted by Crippen LogP contribution is -2.29. The molecule has 0 aromatic carbocycles. The van der Waals surface area contributed by atoms with Gasteiger partial charge in [-0.2, -0.15) is 0 Å². The molecule has 1 N–H and O–H groups in total. The third kappa shape index (κ3) is 2.64. The second-order valence-electron chi connectivity index (χ2n) is 2.36. The highest BCUT2D eigenvalue weighted by Gasteiger charge is 2.10. The van der Waals surface area contributed by atoms with Crippen molar-refractivity contribution in [2.45, 2.75) is 13.0 Å². The van der Waals surface area contributed by atoms with Crippen LogP contribution in [0.3, 0.4) is 0 Å². The number of nitrogens with one attached hydrogen (secondary N) is 1. The maximum atomic E-state index is 5.38. The number of ether oxygens (including phenoxy) is 2. The second-order valence-corrected chi connectivity index (χ2v) is 2.36. The Labute approximate surface area is 61.7 Å². The van der Waals surface area contributed by atoms with Crippen LogP contribution in [0.2, 0.25) is 0 Å². The summed E-state index contributed by atoms with van der Waals surface area (Å²) in [5, 5.41) is 3.23. The molecule has 0 bridgehead atoms. The van der Waals surface area contributed by atoms with Crippen LogP contribution < -0.4 is 5.32 Å². The Morgan fingerprint density at radius 2 is 2.60 bits per heavy atom. The average molecular weight is 145 g/mol. The fourth-order valence-electron chi connectivity index (χ4n) is 1.02. The maximum absolute atomic E-state index is 5.38. The minimum atomic E-state index is 0.257. The average Bonchev–Trinajstić information content (AvgIpc) is 2.17. The quantitative estimate of drug-likeness (QED) is 0.594. The largest absolute Gasteiger partial charge is 0.377 e. The Bertz CT molecular complexity index is 79.7. The molecule has 1 atom stereocenters. The van der Waals surface area contributed by atoms with Gasteiger partial charge >= 0.3 is 0 Å². The molecule has 1 heterocycles. The van der Waals surface area contributed by atoms with Crippen LogP contribution >= 0.6 is 0 Å². The Balaban J connectivity index is 2.15. The SMILES string of the molecule is CCOC1CNCCOC1. The second kappa shape index (κ2) is 4.66. The molecular weight excluding hydrogens is 130 g/mol. The highest BCUT2D eigenvalue weighted by atomic mass is 16.5. The molecule has 1 rings (SSSR count). The van der Waals surface area contributed by atoms with E-state index in [4.69, 9.17) is 9.47 Å². The van der Waals surface area contributed by atoms with Gasteiger partial charge < -0.3 is 14.8 Å². The fraction of sp³-hybridized carbons (Fsp3) is 1.00. The molecule has 3 nitrogen and oxygen atoms in total. The normalized spacial score (nSPS) is 27.9. The first-order valence-electron chi connectivity index (χ1n) is 3.83. The molecular formula is C7H15NO2. The van der Waals surface area contributed by atoms with E-state index >= 15 is 0 Å². The van der Waals surface area contributed by atoms with E-state index in [0.29, 0.717) is 0 Å². The van der Waals surface area contributed by atoms with Crippen molar-refractivity contribution in [2.75, 3.05) is 32.9 Å². The van der Waals surface area contributed by atoms with Crippen LogP contribution in [-0.2, 0) is 9.47 Å². The Morgan fingerprint density at radius 1 is 1.70 bits per heavy atom. The van der Waals surface area contributed by atoms with Crippen molar-refractivity contribution in [3.05, 3.63) is 0 Å². The van der Waals surface area contributed by atoms with Gasteiger partial charge in [0, 0.05) is 19.7 Å². The lowest BCUT2D eigenvalue weighted by atomic mass is 10.4. The van der Waals surface area contributed by atoms with Gasteiger partial charge in [-0.25, -0.2) is 0 Å². The summed E-state index contributed by atoms with van der Waals surface area (Å²) >= 11 is 0. The minimum Gasteiger partial charge on any atom is -0.377 e. The van der Waals surface area contributed by atoms with E-state index in [1.807, 2.05) is 6.92 Å². The topological polar surface area (TPSA) is 30.5 Å². The molecule has 0 amide bonds. The van der Waals surface area contributed by atoms with E-state index in [1.165, 1.54) is 0 Å². The van der Waals surface area contributed by atoms with Gasteiger partial charge in [-0.1, -0.05) is 0 Å². The summed E-state index contributed by atoms with van der Waals surface area (Å²) in [6, 6.07) is 0. The van der Waals surface area contributed by atoms with Crippen LogP contribution in [0.4, 0.5) is 0 Å². The van der Waals surface area contributed by atoms with E-state index in [2.05, 4.69) is 5.32 Å². The number of hydrogen-bond donors (Lipinski definition) is 1. The summed E-state index contributed by atoms with van der Waals surface area (Å²) < 4.78 is 10.6. The fourth-order valence-corrected chi connectivity index (χ4v) is 1.02. The molecule has 0 spiro atoms. The van der Waals surface area contributed by atoms with Crippen LogP contribution in [0.15, 0.2) is 0 Å². The van der Waals surface area contributed by atoms with Crippen molar-refractivity contribution in [1.29, 1.82) is 0 Å². The van der Waals surface area contributed by atoms with Crippen LogP contribution in [0.5, 0.6) is 0 Å². The first kappa shape index (κ1) is 7.98. The smallest absolute Gasteiger partial charge is 0.0932 e. The van der Waals surface area contributed by atoms with Gasteiger partial charge in [-0.15, -0.1) is 0 Å². The molecule has 10 heavy (non-hydrogen) atoms. The van der Waals surface area contributed by atoms with Gasteiger partial charge in [-0.05, 0) is 6.92 Å². The van der Waals surface area contributed by atoms with Crippen LogP contribution in [-0.4, -0.2) is 39.0 Å². The van der Waals surface area contributed by atoms with E-state index in [0.717, 1.165) is 32.9 Å². The van der Waals surface area contributed by atoms with Gasteiger partial charge in [0.1, 0.15) is 0 Å². The van der Waals surface area contributed by atoms with Crippen molar-refractivity contribution < 1.29 is 9.47 Å². The summed E-state index contributed by atoms with van der Waals surface area (Å²) in [6.45, 7) is 6.20. The van der Waals surface area contributed by atoms with Crippen molar-refractivity contribution in [3.63, 3.8) is 0 Å². The van der Waals surface area contributed by atoms with Gasteiger partial charge in [0.2, 0.25) is 0 Å². The molecule has 1 fully saturated rings. The molecule has 1 aliphatic heterocycles. The molecule has 3 heteroatoms. The van der Waals surface area contributed by atoms with Gasteiger partial charge in [0.05, 0.1) is 19.3 Å². The van der Waals surface area contributed by atoms with E-state index in [1.54, 1.807) is 0 Å². The summed E-state index contributed by atoms with van der Waals surface area (Å²) in [6.07, 6.45) is 0.257. The van der Waals surface area contributed by atoms with Crippen molar-refractivity contribution >= 4 is 0 Å². The zero-order chi connectivity index (χ0) is 7.23. The number of rotatable bonds is 2. The minimum absolute atomic E-state index is 0.257. The van der Waals surface area contributed by atoms with E-state index < -0.39 is 0 Å². The zero-order valence-electron chi connectivity index (χ0n) is 6.43. The summed E-state index contributed by atoms with van der Waals surface area (Å²) in [5.41, 5.74) is 0. The first-order valence-corrected chi connectivity index (χ1v) is 3.83. The van der Waals surface area contributed by atoms with E-state index in [-0.39, 0.29) is 6.10 Å². The third-order valence-electron chi connectivity index (χ3n) is 1.50. The molecule has 60 valence electrons. The van der Waals surface area contributed by atoms with Gasteiger partial charge in [0.25, 0.3) is 0 Å². The monoisotopic (exact) mass is 145 g/mol. The summed E-state index contributed by atoms with van der Waals surface area (Å²) in [7, 11) is 0. The standard InChI is InChI=1S/C7H15NO2/c1-2-10-7-5-8-3-4-9-6-7/h7-8H,2-6H2,1H3. The summed E-state index contributed by atoms with van der Waals surface area (Å²) in [5.74, 6) is 0. The van der Waals surface area contributed by atoms with Gasteiger partial charge in [-0.3, -0.25) is 0 Å². The summed E-state index contributed by atoms with van der Waals surface area (Å²) in [4.78, 5) is 0. The maximum Gasteiger partial charge on any atom is 0.0932 e. The van der Waals surface area contributed by atoms with Crippen LogP contribution in [0.1, 0.15) is 6.92 Å². The Morgan fingerprint density at radius 3 is 3.40 bits per heavy atom. The Kier molecular flexibility index (Phi) is 3.72. The molecule has 0 radical (unpaired) electrons. The zero-order valence-corrected chi connectivity index (χ0v) is 6.43. The van der Waals surface area contributed by atoms with Crippen molar-refractivity contribution in [2.24, 2.45) is 0 Å². The highest BCUT2D eigenvalue weighted by molar-refractivity contribution is 4.63. The van der Waals surface area contributed by atoms with Crippen LogP contribution in [0, 0.1) is 0 Å². The van der Waals surface area contributed by atoms with Crippen molar-refractivity contribution in [3.8, 4) is 0 Å². The molecule has 0 aromatic heterocycles. The predicted octanol–water partition coefficient (Wildman–Crippen LogP) is 0.0113. The predicted molar refractivity (Wildman–Crippen MR) is 39.1 cm³/mol. The molecule has 0 saturated carbocycles. The highest BCUT2D eigenvalue weighted by Crippen LogP contribution is 1.94. The molecule has 1 saturated heterocycles. The lowest BCUT2D eigenvalue weighted by Gasteiger charge is -2.12. The van der Waals surface area contributed by atoms with Crippen LogP contribution in [0.25, 0.3) is 0 Å². The number of hydrogen-bond acceptors (Lipinski definition) is 3. The molecule has 0 aliphatic carbocycles. The third-order valence-corrected chi connectivity index (χ3v) is 1.50. The van der Waals surface area contributed by atoms with Gasteiger partial charge in [0.15, 0.2) is 0 Å². The molecule has 0 aromatic rings. The van der Waals surface area contributed by atoms with Crippen molar-refractivity contribution in [1.82, 2.24) is 5.32 Å². The molecule has 1 aliphatic rings. The first-order chi connectivity index (χ1) is 4.93. The lowest BCUT2D eigenvalue weighted by molar-refractivity contribution is 0.00561. The van der Waals surface area contributed by atoms with E-state index in [9.17, 15) is 0 Å². The molecule has 1 unspecified atom stereocenters.